The lowest BCUT2D eigenvalue weighted by atomic mass is 9.80. The monoisotopic (exact) mass is 187 g/mol. The van der Waals surface area contributed by atoms with E-state index in [2.05, 4.69) is 30.3 Å². The van der Waals surface area contributed by atoms with E-state index in [-0.39, 0.29) is 0 Å². The van der Waals surface area contributed by atoms with Crippen molar-refractivity contribution in [1.29, 1.82) is 0 Å². The summed E-state index contributed by atoms with van der Waals surface area (Å²) in [5, 5.41) is 0. The highest BCUT2D eigenvalue weighted by molar-refractivity contribution is 5.25. The summed E-state index contributed by atoms with van der Waals surface area (Å²) < 4.78 is 0. The minimum Gasteiger partial charge on any atom is -0.327 e. The number of hydrogen-bond acceptors (Lipinski definition) is 1. The Hall–Kier alpha value is -0.820. The van der Waals surface area contributed by atoms with Gasteiger partial charge in [0.2, 0.25) is 0 Å². The molecule has 4 atom stereocenters. The maximum absolute atomic E-state index is 6.30. The quantitative estimate of drug-likeness (QED) is 0.718. The Balaban J connectivity index is 1.93. The SMILES string of the molecule is N[C@@H]1[C@H]2CC[C@@H](C2)[C@H]1c1ccccc1. The first-order valence-corrected chi connectivity index (χ1v) is 5.67. The summed E-state index contributed by atoms with van der Waals surface area (Å²) in [6.07, 6.45) is 4.15. The van der Waals surface area contributed by atoms with Crippen molar-refractivity contribution in [3.05, 3.63) is 35.9 Å². The van der Waals surface area contributed by atoms with E-state index in [1.165, 1.54) is 24.8 Å². The highest BCUT2D eigenvalue weighted by atomic mass is 14.7. The molecule has 0 aliphatic heterocycles. The van der Waals surface area contributed by atoms with Crippen molar-refractivity contribution < 1.29 is 0 Å². The van der Waals surface area contributed by atoms with Crippen LogP contribution in [0.25, 0.3) is 0 Å². The van der Waals surface area contributed by atoms with Gasteiger partial charge in [0.1, 0.15) is 0 Å². The first-order valence-electron chi connectivity index (χ1n) is 5.67. The molecule has 0 saturated heterocycles. The van der Waals surface area contributed by atoms with Crippen LogP contribution in [0.15, 0.2) is 30.3 Å². The number of benzene rings is 1. The number of nitrogens with two attached hydrogens (primary N) is 1. The highest BCUT2D eigenvalue weighted by Crippen LogP contribution is 2.51. The Morgan fingerprint density at radius 3 is 2.36 bits per heavy atom. The zero-order valence-electron chi connectivity index (χ0n) is 8.39. The average Bonchev–Trinajstić information content (AvgIpc) is 2.79. The van der Waals surface area contributed by atoms with E-state index in [1.54, 1.807) is 0 Å². The summed E-state index contributed by atoms with van der Waals surface area (Å²) in [6, 6.07) is 11.3. The lowest BCUT2D eigenvalue weighted by molar-refractivity contribution is 0.366. The van der Waals surface area contributed by atoms with E-state index in [4.69, 9.17) is 5.73 Å². The van der Waals surface area contributed by atoms with E-state index < -0.39 is 0 Å². The molecule has 0 unspecified atom stereocenters. The third kappa shape index (κ3) is 1.12. The van der Waals surface area contributed by atoms with Crippen LogP contribution in [0.5, 0.6) is 0 Å². The molecule has 2 bridgehead atoms. The zero-order chi connectivity index (χ0) is 9.54. The Morgan fingerprint density at radius 2 is 1.71 bits per heavy atom. The molecular weight excluding hydrogens is 170 g/mol. The van der Waals surface area contributed by atoms with Gasteiger partial charge in [-0.2, -0.15) is 0 Å². The molecule has 2 fully saturated rings. The van der Waals surface area contributed by atoms with Gasteiger partial charge in [0.05, 0.1) is 0 Å². The Bertz CT molecular complexity index is 317. The number of rotatable bonds is 1. The van der Waals surface area contributed by atoms with Gasteiger partial charge in [0, 0.05) is 12.0 Å². The van der Waals surface area contributed by atoms with Crippen LogP contribution in [-0.2, 0) is 0 Å². The van der Waals surface area contributed by atoms with Crippen molar-refractivity contribution in [3.63, 3.8) is 0 Å². The van der Waals surface area contributed by atoms with Gasteiger partial charge < -0.3 is 5.73 Å². The average molecular weight is 187 g/mol. The van der Waals surface area contributed by atoms with Gasteiger partial charge in [0.25, 0.3) is 0 Å². The third-order valence-electron chi connectivity index (χ3n) is 4.17. The number of hydrogen-bond donors (Lipinski definition) is 1. The summed E-state index contributed by atoms with van der Waals surface area (Å²) in [6.45, 7) is 0. The predicted molar refractivity (Wildman–Crippen MR) is 58.0 cm³/mol. The molecule has 2 aliphatic rings. The lowest BCUT2D eigenvalue weighted by Crippen LogP contribution is -2.33. The van der Waals surface area contributed by atoms with Crippen LogP contribution in [0.1, 0.15) is 30.7 Å². The van der Waals surface area contributed by atoms with Crippen molar-refractivity contribution in [3.8, 4) is 0 Å². The minimum atomic E-state index is 0.427. The van der Waals surface area contributed by atoms with E-state index in [0.29, 0.717) is 12.0 Å². The summed E-state index contributed by atoms with van der Waals surface area (Å²) in [7, 11) is 0. The van der Waals surface area contributed by atoms with Gasteiger partial charge in [-0.15, -0.1) is 0 Å². The van der Waals surface area contributed by atoms with E-state index in [9.17, 15) is 0 Å². The molecule has 74 valence electrons. The van der Waals surface area contributed by atoms with Crippen molar-refractivity contribution in [2.75, 3.05) is 0 Å². The second kappa shape index (κ2) is 3.09. The van der Waals surface area contributed by atoms with Gasteiger partial charge in [-0.1, -0.05) is 30.3 Å². The highest BCUT2D eigenvalue weighted by Gasteiger charge is 2.46. The second-order valence-electron chi connectivity index (χ2n) is 4.85. The van der Waals surface area contributed by atoms with Crippen LogP contribution in [0.2, 0.25) is 0 Å². The standard InChI is InChI=1S/C13H17N/c14-13-11-7-6-10(8-11)12(13)9-4-2-1-3-5-9/h1-5,10-13H,6-8,14H2/t10-,11-,12+,13+/m0/s1. The lowest BCUT2D eigenvalue weighted by Gasteiger charge is -2.28. The molecule has 1 heteroatoms. The fourth-order valence-corrected chi connectivity index (χ4v) is 3.51. The van der Waals surface area contributed by atoms with Crippen molar-refractivity contribution in [2.24, 2.45) is 17.6 Å². The van der Waals surface area contributed by atoms with Crippen LogP contribution < -0.4 is 5.73 Å². The molecule has 14 heavy (non-hydrogen) atoms. The molecule has 0 aromatic heterocycles. The summed E-state index contributed by atoms with van der Waals surface area (Å²) in [5.74, 6) is 2.33. The van der Waals surface area contributed by atoms with Gasteiger partial charge in [-0.3, -0.25) is 0 Å². The van der Waals surface area contributed by atoms with E-state index in [1.807, 2.05) is 0 Å². The maximum atomic E-state index is 6.30. The van der Waals surface area contributed by atoms with Gasteiger partial charge in [-0.05, 0) is 36.7 Å². The third-order valence-corrected chi connectivity index (χ3v) is 4.17. The minimum absolute atomic E-state index is 0.427. The molecule has 0 spiro atoms. The Morgan fingerprint density at radius 1 is 1.00 bits per heavy atom. The van der Waals surface area contributed by atoms with Crippen molar-refractivity contribution >= 4 is 0 Å². The first kappa shape index (κ1) is 8.49. The van der Waals surface area contributed by atoms with Crippen LogP contribution in [0.4, 0.5) is 0 Å². The second-order valence-corrected chi connectivity index (χ2v) is 4.85. The van der Waals surface area contributed by atoms with Crippen molar-refractivity contribution in [2.45, 2.75) is 31.2 Å². The van der Waals surface area contributed by atoms with Crippen LogP contribution in [0.3, 0.4) is 0 Å². The van der Waals surface area contributed by atoms with E-state index in [0.717, 1.165) is 11.8 Å². The normalized spacial score (nSPS) is 40.4. The molecule has 0 amide bonds. The summed E-state index contributed by atoms with van der Waals surface area (Å²) in [4.78, 5) is 0. The first-order chi connectivity index (χ1) is 6.86. The smallest absolute Gasteiger partial charge is 0.0139 e. The van der Waals surface area contributed by atoms with Gasteiger partial charge in [-0.25, -0.2) is 0 Å². The Kier molecular flexibility index (Phi) is 1.88. The summed E-state index contributed by atoms with van der Waals surface area (Å²) in [5.41, 5.74) is 7.76. The molecule has 2 aliphatic carbocycles. The van der Waals surface area contributed by atoms with Gasteiger partial charge in [0.15, 0.2) is 0 Å². The van der Waals surface area contributed by atoms with Crippen LogP contribution >= 0.6 is 0 Å². The fraction of sp³-hybridized carbons (Fsp3) is 0.538. The fourth-order valence-electron chi connectivity index (χ4n) is 3.51. The molecule has 1 aromatic carbocycles. The molecule has 1 nitrogen and oxygen atoms in total. The van der Waals surface area contributed by atoms with Gasteiger partial charge >= 0.3 is 0 Å². The van der Waals surface area contributed by atoms with Crippen LogP contribution in [0, 0.1) is 11.8 Å². The maximum Gasteiger partial charge on any atom is 0.0139 e. The Labute approximate surface area is 85.3 Å². The molecule has 0 heterocycles. The molecule has 3 rings (SSSR count). The van der Waals surface area contributed by atoms with Crippen molar-refractivity contribution in [1.82, 2.24) is 0 Å². The predicted octanol–water partition coefficient (Wildman–Crippen LogP) is 2.53. The largest absolute Gasteiger partial charge is 0.327 e. The molecule has 0 radical (unpaired) electrons. The topological polar surface area (TPSA) is 26.0 Å². The molecule has 1 aromatic rings. The van der Waals surface area contributed by atoms with Crippen LogP contribution in [-0.4, -0.2) is 6.04 Å². The molecule has 2 saturated carbocycles. The molecular formula is C13H17N. The number of fused-ring (bicyclic) bond motifs is 2. The zero-order valence-corrected chi connectivity index (χ0v) is 8.39. The molecule has 2 N–H and O–H groups in total. The summed E-state index contributed by atoms with van der Waals surface area (Å²) >= 11 is 0. The van der Waals surface area contributed by atoms with E-state index >= 15 is 0 Å².